The van der Waals surface area contributed by atoms with Gasteiger partial charge in [-0.2, -0.15) is 0 Å². The number of nitrogens with two attached hydrogens (primary N) is 1. The van der Waals surface area contributed by atoms with Crippen molar-refractivity contribution in [1.29, 1.82) is 0 Å². The van der Waals surface area contributed by atoms with E-state index in [1.807, 2.05) is 19.1 Å². The zero-order valence-electron chi connectivity index (χ0n) is 11.3. The summed E-state index contributed by atoms with van der Waals surface area (Å²) in [6.07, 6.45) is 2.27. The summed E-state index contributed by atoms with van der Waals surface area (Å²) in [6, 6.07) is 5.54. The molecule has 2 unspecified atom stereocenters. The van der Waals surface area contributed by atoms with Crippen LogP contribution in [-0.2, 0) is 0 Å². The van der Waals surface area contributed by atoms with Gasteiger partial charge in [0.1, 0.15) is 5.82 Å². The SMILES string of the molecule is CCN1CCCC(CN)C1c1cc(C)ccc1F. The summed E-state index contributed by atoms with van der Waals surface area (Å²) in [5.41, 5.74) is 7.83. The zero-order chi connectivity index (χ0) is 13.1. The highest BCUT2D eigenvalue weighted by Gasteiger charge is 2.32. The van der Waals surface area contributed by atoms with Crippen LogP contribution < -0.4 is 5.73 Å². The van der Waals surface area contributed by atoms with Crippen LogP contribution in [0.2, 0.25) is 0 Å². The predicted molar refractivity (Wildman–Crippen MR) is 72.9 cm³/mol. The molecule has 1 heterocycles. The Morgan fingerprint density at radius 3 is 2.89 bits per heavy atom. The van der Waals surface area contributed by atoms with Gasteiger partial charge in [-0.3, -0.25) is 4.90 Å². The van der Waals surface area contributed by atoms with Crippen molar-refractivity contribution in [2.24, 2.45) is 11.7 Å². The van der Waals surface area contributed by atoms with Crippen molar-refractivity contribution < 1.29 is 4.39 Å². The van der Waals surface area contributed by atoms with Crippen molar-refractivity contribution in [3.63, 3.8) is 0 Å². The highest BCUT2D eigenvalue weighted by atomic mass is 19.1. The highest BCUT2D eigenvalue weighted by molar-refractivity contribution is 5.28. The average molecular weight is 250 g/mol. The Morgan fingerprint density at radius 1 is 1.44 bits per heavy atom. The fourth-order valence-corrected chi connectivity index (χ4v) is 3.09. The molecule has 2 nitrogen and oxygen atoms in total. The van der Waals surface area contributed by atoms with Crippen LogP contribution in [0.1, 0.15) is 36.9 Å². The first kappa shape index (κ1) is 13.5. The van der Waals surface area contributed by atoms with E-state index < -0.39 is 0 Å². The lowest BCUT2D eigenvalue weighted by atomic mass is 9.84. The van der Waals surface area contributed by atoms with Gasteiger partial charge < -0.3 is 5.73 Å². The first-order valence-electron chi connectivity index (χ1n) is 6.87. The zero-order valence-corrected chi connectivity index (χ0v) is 11.3. The maximum atomic E-state index is 14.1. The Morgan fingerprint density at radius 2 is 2.22 bits per heavy atom. The quantitative estimate of drug-likeness (QED) is 0.893. The minimum atomic E-state index is -0.0931. The molecule has 0 saturated carbocycles. The maximum absolute atomic E-state index is 14.1. The molecule has 1 aromatic rings. The van der Waals surface area contributed by atoms with Gasteiger partial charge in [0.25, 0.3) is 0 Å². The summed E-state index contributed by atoms with van der Waals surface area (Å²) in [5, 5.41) is 0. The molecule has 0 amide bonds. The third-order valence-corrected chi connectivity index (χ3v) is 4.04. The number of rotatable bonds is 3. The lowest BCUT2D eigenvalue weighted by Crippen LogP contribution is -2.41. The van der Waals surface area contributed by atoms with Crippen molar-refractivity contribution >= 4 is 0 Å². The van der Waals surface area contributed by atoms with Crippen LogP contribution in [0.5, 0.6) is 0 Å². The second-order valence-corrected chi connectivity index (χ2v) is 5.24. The Hall–Kier alpha value is -0.930. The van der Waals surface area contributed by atoms with Crippen LogP contribution in [0.25, 0.3) is 0 Å². The summed E-state index contributed by atoms with van der Waals surface area (Å²) in [7, 11) is 0. The van der Waals surface area contributed by atoms with Crippen LogP contribution in [0, 0.1) is 18.7 Å². The van der Waals surface area contributed by atoms with E-state index in [9.17, 15) is 4.39 Å². The van der Waals surface area contributed by atoms with Crippen LogP contribution in [0.4, 0.5) is 4.39 Å². The predicted octanol–water partition coefficient (Wildman–Crippen LogP) is 2.87. The van der Waals surface area contributed by atoms with E-state index in [-0.39, 0.29) is 11.9 Å². The number of piperidine rings is 1. The van der Waals surface area contributed by atoms with Crippen LogP contribution in [0.3, 0.4) is 0 Å². The first-order chi connectivity index (χ1) is 8.67. The molecule has 18 heavy (non-hydrogen) atoms. The highest BCUT2D eigenvalue weighted by Crippen LogP contribution is 2.36. The Labute approximate surface area is 109 Å². The van der Waals surface area contributed by atoms with Crippen LogP contribution in [0.15, 0.2) is 18.2 Å². The van der Waals surface area contributed by atoms with E-state index in [0.29, 0.717) is 12.5 Å². The van der Waals surface area contributed by atoms with Gasteiger partial charge in [-0.1, -0.05) is 24.6 Å². The second kappa shape index (κ2) is 5.81. The molecule has 0 bridgehead atoms. The van der Waals surface area contributed by atoms with Crippen molar-refractivity contribution in [3.05, 3.63) is 35.1 Å². The van der Waals surface area contributed by atoms with Gasteiger partial charge in [0.05, 0.1) is 0 Å². The number of nitrogens with zero attached hydrogens (tertiary/aromatic N) is 1. The average Bonchev–Trinajstić information content (AvgIpc) is 2.40. The van der Waals surface area contributed by atoms with Gasteiger partial charge in [-0.15, -0.1) is 0 Å². The molecular weight excluding hydrogens is 227 g/mol. The molecule has 1 saturated heterocycles. The lowest BCUT2D eigenvalue weighted by molar-refractivity contribution is 0.0991. The number of hydrogen-bond acceptors (Lipinski definition) is 2. The lowest BCUT2D eigenvalue weighted by Gasteiger charge is -2.41. The van der Waals surface area contributed by atoms with E-state index in [4.69, 9.17) is 5.73 Å². The summed E-state index contributed by atoms with van der Waals surface area (Å²) < 4.78 is 14.1. The number of likely N-dealkylation sites (tertiary alicyclic amines) is 1. The van der Waals surface area contributed by atoms with E-state index in [2.05, 4.69) is 11.8 Å². The van der Waals surface area contributed by atoms with Gasteiger partial charge >= 0.3 is 0 Å². The summed E-state index contributed by atoms with van der Waals surface area (Å²) in [6.45, 7) is 6.78. The molecule has 0 aliphatic carbocycles. The third-order valence-electron chi connectivity index (χ3n) is 4.04. The number of aryl methyl sites for hydroxylation is 1. The Balaban J connectivity index is 2.38. The van der Waals surface area contributed by atoms with E-state index >= 15 is 0 Å². The summed E-state index contributed by atoms with van der Waals surface area (Å²) >= 11 is 0. The number of benzene rings is 1. The molecule has 0 radical (unpaired) electrons. The molecule has 0 aromatic heterocycles. The Bertz CT molecular complexity index is 393. The normalized spacial score (nSPS) is 25.3. The van der Waals surface area contributed by atoms with Crippen molar-refractivity contribution in [1.82, 2.24) is 4.90 Å². The summed E-state index contributed by atoms with van der Waals surface area (Å²) in [4.78, 5) is 2.36. The number of hydrogen-bond donors (Lipinski definition) is 1. The third kappa shape index (κ3) is 2.57. The fraction of sp³-hybridized carbons (Fsp3) is 0.600. The fourth-order valence-electron chi connectivity index (χ4n) is 3.09. The molecule has 0 spiro atoms. The van der Waals surface area contributed by atoms with Crippen molar-refractivity contribution in [2.75, 3.05) is 19.6 Å². The topological polar surface area (TPSA) is 29.3 Å². The molecule has 1 aliphatic rings. The van der Waals surface area contributed by atoms with Crippen LogP contribution in [-0.4, -0.2) is 24.5 Å². The smallest absolute Gasteiger partial charge is 0.128 e. The minimum Gasteiger partial charge on any atom is -0.330 e. The second-order valence-electron chi connectivity index (χ2n) is 5.24. The molecule has 100 valence electrons. The monoisotopic (exact) mass is 250 g/mol. The van der Waals surface area contributed by atoms with E-state index in [0.717, 1.165) is 30.6 Å². The van der Waals surface area contributed by atoms with Crippen LogP contribution >= 0.6 is 0 Å². The van der Waals surface area contributed by atoms with E-state index in [1.165, 1.54) is 6.42 Å². The molecule has 3 heteroatoms. The Kier molecular flexibility index (Phi) is 4.36. The first-order valence-corrected chi connectivity index (χ1v) is 6.87. The number of halogens is 1. The minimum absolute atomic E-state index is 0.0931. The molecular formula is C15H23FN2. The molecule has 2 N–H and O–H groups in total. The van der Waals surface area contributed by atoms with Gasteiger partial charge in [-0.25, -0.2) is 4.39 Å². The maximum Gasteiger partial charge on any atom is 0.128 e. The summed E-state index contributed by atoms with van der Waals surface area (Å²) in [5.74, 6) is 0.277. The van der Waals surface area contributed by atoms with Gasteiger partial charge in [0.15, 0.2) is 0 Å². The van der Waals surface area contributed by atoms with Gasteiger partial charge in [-0.05, 0) is 51.4 Å². The van der Waals surface area contributed by atoms with Crippen molar-refractivity contribution in [3.8, 4) is 0 Å². The van der Waals surface area contributed by atoms with Gasteiger partial charge in [0.2, 0.25) is 0 Å². The molecule has 2 rings (SSSR count). The molecule has 2 atom stereocenters. The largest absolute Gasteiger partial charge is 0.330 e. The molecule has 1 fully saturated rings. The molecule has 1 aliphatic heterocycles. The molecule has 1 aromatic carbocycles. The standard InChI is InChI=1S/C15H23FN2/c1-3-18-8-4-5-12(10-17)15(18)13-9-11(2)6-7-14(13)16/h6-7,9,12,15H,3-5,8,10,17H2,1-2H3. The van der Waals surface area contributed by atoms with Gasteiger partial charge in [0, 0.05) is 11.6 Å². The van der Waals surface area contributed by atoms with Crippen molar-refractivity contribution in [2.45, 2.75) is 32.7 Å². The van der Waals surface area contributed by atoms with E-state index in [1.54, 1.807) is 6.07 Å².